The van der Waals surface area contributed by atoms with Crippen LogP contribution >= 0.6 is 11.3 Å². The number of thiazole rings is 1. The molecule has 1 aromatic heterocycles. The van der Waals surface area contributed by atoms with Crippen LogP contribution < -0.4 is 10.2 Å². The van der Waals surface area contributed by atoms with Crippen molar-refractivity contribution in [2.24, 2.45) is 0 Å². The smallest absolute Gasteiger partial charge is 0.407 e. The number of carbonyl (C=O) groups is 1. The Balaban J connectivity index is 1.57. The van der Waals surface area contributed by atoms with E-state index in [2.05, 4.69) is 10.3 Å². The Morgan fingerprint density at radius 2 is 2.12 bits per heavy atom. The van der Waals surface area contributed by atoms with E-state index >= 15 is 0 Å². The third kappa shape index (κ3) is 4.54. The number of aromatic amines is 1. The molecule has 1 amide bonds. The predicted octanol–water partition coefficient (Wildman–Crippen LogP) is 1.59. The van der Waals surface area contributed by atoms with Crippen molar-refractivity contribution in [2.45, 2.75) is 25.3 Å². The molecule has 8 nitrogen and oxygen atoms in total. The van der Waals surface area contributed by atoms with Gasteiger partial charge in [0.15, 0.2) is 0 Å². The van der Waals surface area contributed by atoms with E-state index in [1.54, 1.807) is 6.07 Å². The van der Waals surface area contributed by atoms with Crippen molar-refractivity contribution in [1.29, 1.82) is 0 Å². The first-order valence-electron chi connectivity index (χ1n) is 8.67. The number of carboxylic acid groups (broad SMARTS) is 1. The molecule has 2 aromatic rings. The summed E-state index contributed by atoms with van der Waals surface area (Å²) in [5.41, 5.74) is 1.27. The second kappa shape index (κ2) is 8.52. The van der Waals surface area contributed by atoms with Crippen LogP contribution in [0.4, 0.5) is 4.79 Å². The van der Waals surface area contributed by atoms with E-state index in [1.165, 1.54) is 11.0 Å². The van der Waals surface area contributed by atoms with Gasteiger partial charge in [0.05, 0.1) is 4.70 Å². The highest BCUT2D eigenvalue weighted by Gasteiger charge is 2.16. The molecule has 2 heterocycles. The fourth-order valence-electron chi connectivity index (χ4n) is 3.13. The molecule has 142 valence electrons. The average Bonchev–Trinajstić information content (AvgIpc) is 3.02. The number of H-pyrrole nitrogens is 1. The lowest BCUT2D eigenvalue weighted by Gasteiger charge is -2.25. The second-order valence-electron chi connectivity index (χ2n) is 6.32. The summed E-state index contributed by atoms with van der Waals surface area (Å²) in [7, 11) is 0. The van der Waals surface area contributed by atoms with Crippen LogP contribution in [0.25, 0.3) is 10.2 Å². The number of aromatic nitrogens is 1. The predicted molar refractivity (Wildman–Crippen MR) is 99.3 cm³/mol. The minimum atomic E-state index is -0.962. The molecule has 0 spiro atoms. The van der Waals surface area contributed by atoms with Gasteiger partial charge in [-0.3, -0.25) is 4.79 Å². The van der Waals surface area contributed by atoms with Crippen molar-refractivity contribution >= 4 is 27.6 Å². The Morgan fingerprint density at radius 1 is 1.35 bits per heavy atom. The van der Waals surface area contributed by atoms with Crippen molar-refractivity contribution < 1.29 is 19.7 Å². The van der Waals surface area contributed by atoms with Crippen molar-refractivity contribution in [3.63, 3.8) is 0 Å². The maximum absolute atomic E-state index is 11.6. The number of amides is 1. The zero-order valence-corrected chi connectivity index (χ0v) is 15.2. The van der Waals surface area contributed by atoms with Crippen molar-refractivity contribution in [1.82, 2.24) is 15.2 Å². The summed E-state index contributed by atoms with van der Waals surface area (Å²) in [4.78, 5) is 26.8. The summed E-state index contributed by atoms with van der Waals surface area (Å²) >= 11 is 1.03. The van der Waals surface area contributed by atoms with Crippen molar-refractivity contribution in [3.05, 3.63) is 27.4 Å². The number of hydrogen-bond donors (Lipinski definition) is 4. The molecule has 26 heavy (non-hydrogen) atoms. The van der Waals surface area contributed by atoms with E-state index in [0.717, 1.165) is 43.0 Å². The maximum atomic E-state index is 11.6. The standard InChI is InChI=1S/C17H23N3O5S/c21-13-2-1-11(15-14(13)19-16(22)26-15)3-7-20(17(23)24)8-6-18-12-4-9-25-10-5-12/h1-2,12,18,21H,3-10H2,(H,19,22)(H,23,24). The van der Waals surface area contributed by atoms with Crippen LogP contribution in [0.5, 0.6) is 5.75 Å². The van der Waals surface area contributed by atoms with Gasteiger partial charge in [-0.05, 0) is 30.9 Å². The van der Waals surface area contributed by atoms with Gasteiger partial charge >= 0.3 is 11.0 Å². The zero-order valence-electron chi connectivity index (χ0n) is 14.4. The van der Waals surface area contributed by atoms with E-state index in [9.17, 15) is 19.8 Å². The lowest BCUT2D eigenvalue weighted by molar-refractivity contribution is 0.0770. The van der Waals surface area contributed by atoms with Crippen molar-refractivity contribution in [3.8, 4) is 5.75 Å². The second-order valence-corrected chi connectivity index (χ2v) is 7.31. The lowest BCUT2D eigenvalue weighted by atomic mass is 10.1. The van der Waals surface area contributed by atoms with Crippen LogP contribution in [0, 0.1) is 0 Å². The molecule has 1 aliphatic rings. The molecule has 9 heteroatoms. The quantitative estimate of drug-likeness (QED) is 0.579. The highest BCUT2D eigenvalue weighted by Crippen LogP contribution is 2.28. The van der Waals surface area contributed by atoms with E-state index in [1.807, 2.05) is 0 Å². The summed E-state index contributed by atoms with van der Waals surface area (Å²) in [6, 6.07) is 3.65. The SMILES string of the molecule is O=C(O)N(CCNC1CCOCC1)CCc1ccc(O)c2[nH]c(=O)sc12. The normalized spacial score (nSPS) is 15.4. The molecule has 1 saturated heterocycles. The van der Waals surface area contributed by atoms with Gasteiger partial charge in [0.2, 0.25) is 0 Å². The number of aromatic hydroxyl groups is 1. The Labute approximate surface area is 154 Å². The third-order valence-electron chi connectivity index (χ3n) is 4.60. The Morgan fingerprint density at radius 3 is 2.85 bits per heavy atom. The van der Waals surface area contributed by atoms with Gasteiger partial charge < -0.3 is 30.2 Å². The van der Waals surface area contributed by atoms with E-state index in [-0.39, 0.29) is 10.6 Å². The number of ether oxygens (including phenoxy) is 1. The lowest BCUT2D eigenvalue weighted by Crippen LogP contribution is -2.42. The number of rotatable bonds is 7. The summed E-state index contributed by atoms with van der Waals surface area (Å²) in [5, 5.41) is 22.6. The fourth-order valence-corrected chi connectivity index (χ4v) is 4.03. The number of fused-ring (bicyclic) bond motifs is 1. The first kappa shape index (κ1) is 18.7. The minimum Gasteiger partial charge on any atom is -0.506 e. The molecule has 0 atom stereocenters. The fraction of sp³-hybridized carbons (Fsp3) is 0.529. The number of nitrogens with one attached hydrogen (secondary N) is 2. The summed E-state index contributed by atoms with van der Waals surface area (Å²) in [5.74, 6) is 0.0258. The van der Waals surface area contributed by atoms with Gasteiger partial charge in [0, 0.05) is 38.9 Å². The molecule has 0 saturated carbocycles. The largest absolute Gasteiger partial charge is 0.506 e. The third-order valence-corrected chi connectivity index (χ3v) is 5.55. The molecule has 0 radical (unpaired) electrons. The van der Waals surface area contributed by atoms with Crippen LogP contribution in [0.3, 0.4) is 0 Å². The van der Waals surface area contributed by atoms with E-state index in [4.69, 9.17) is 4.74 Å². The summed E-state index contributed by atoms with van der Waals surface area (Å²) in [6.07, 6.45) is 1.42. The molecule has 4 N–H and O–H groups in total. The monoisotopic (exact) mass is 381 g/mol. The summed E-state index contributed by atoms with van der Waals surface area (Å²) in [6.45, 7) is 2.82. The van der Waals surface area contributed by atoms with Gasteiger partial charge in [-0.15, -0.1) is 0 Å². The molecular weight excluding hydrogens is 358 g/mol. The molecule has 3 rings (SSSR count). The Kier molecular flexibility index (Phi) is 6.12. The maximum Gasteiger partial charge on any atom is 0.407 e. The van der Waals surface area contributed by atoms with Gasteiger partial charge in [0.25, 0.3) is 0 Å². The first-order chi connectivity index (χ1) is 12.5. The number of phenols is 1. The first-order valence-corrected chi connectivity index (χ1v) is 9.49. The van der Waals surface area contributed by atoms with Gasteiger partial charge in [-0.2, -0.15) is 0 Å². The molecule has 0 unspecified atom stereocenters. The number of phenolic OH excluding ortho intramolecular Hbond substituents is 1. The van der Waals surface area contributed by atoms with Crippen LogP contribution in [0.2, 0.25) is 0 Å². The number of nitrogens with zero attached hydrogens (tertiary/aromatic N) is 1. The Hall–Kier alpha value is -2.10. The number of benzene rings is 1. The summed E-state index contributed by atoms with van der Waals surface area (Å²) < 4.78 is 5.99. The van der Waals surface area contributed by atoms with Crippen LogP contribution in [-0.2, 0) is 11.2 Å². The topological polar surface area (TPSA) is 115 Å². The van der Waals surface area contributed by atoms with Crippen molar-refractivity contribution in [2.75, 3.05) is 32.8 Å². The molecule has 1 fully saturated rings. The molecular formula is C17H23N3O5S. The highest BCUT2D eigenvalue weighted by molar-refractivity contribution is 7.16. The Bertz CT molecular complexity index is 812. The van der Waals surface area contributed by atoms with Gasteiger partial charge in [0.1, 0.15) is 11.3 Å². The van der Waals surface area contributed by atoms with E-state index in [0.29, 0.717) is 42.3 Å². The van der Waals surface area contributed by atoms with Crippen LogP contribution in [0.1, 0.15) is 18.4 Å². The molecule has 1 aliphatic heterocycles. The van der Waals surface area contributed by atoms with Gasteiger partial charge in [-0.25, -0.2) is 4.79 Å². The molecule has 0 bridgehead atoms. The average molecular weight is 381 g/mol. The minimum absolute atomic E-state index is 0.0258. The molecule has 0 aliphatic carbocycles. The zero-order chi connectivity index (χ0) is 18.5. The number of hydrogen-bond acceptors (Lipinski definition) is 6. The van der Waals surface area contributed by atoms with E-state index < -0.39 is 6.09 Å². The van der Waals surface area contributed by atoms with Gasteiger partial charge in [-0.1, -0.05) is 17.4 Å². The van der Waals surface area contributed by atoms with Crippen LogP contribution in [0.15, 0.2) is 16.9 Å². The highest BCUT2D eigenvalue weighted by atomic mass is 32.1. The van der Waals surface area contributed by atoms with Crippen LogP contribution in [-0.4, -0.2) is 65.1 Å². The molecule has 1 aromatic carbocycles.